The van der Waals surface area contributed by atoms with Gasteiger partial charge in [-0.1, -0.05) is 0 Å². The van der Waals surface area contributed by atoms with Gasteiger partial charge >= 0.3 is 0 Å². The Morgan fingerprint density at radius 1 is 1.31 bits per heavy atom. The van der Waals surface area contributed by atoms with Gasteiger partial charge in [-0.15, -0.1) is 0 Å². The first kappa shape index (κ1) is 12.3. The Hall–Kier alpha value is -0.120. The van der Waals surface area contributed by atoms with Gasteiger partial charge in [0.1, 0.15) is 0 Å². The van der Waals surface area contributed by atoms with Crippen LogP contribution in [0.5, 0.6) is 0 Å². The van der Waals surface area contributed by atoms with Crippen LogP contribution in [0.3, 0.4) is 0 Å². The Morgan fingerprint density at radius 3 is 2.94 bits per heavy atom. The molecule has 2 aliphatic rings. The molecule has 0 aromatic rings. The predicted octanol–water partition coefficient (Wildman–Crippen LogP) is 1.63. The zero-order valence-corrected chi connectivity index (χ0v) is 10.6. The molecule has 2 rings (SSSR count). The Balaban J connectivity index is 1.51. The van der Waals surface area contributed by atoms with Gasteiger partial charge in [0.15, 0.2) is 0 Å². The molecule has 2 saturated heterocycles. The highest BCUT2D eigenvalue weighted by atomic mass is 16.5. The quantitative estimate of drug-likeness (QED) is 0.745. The molecular weight excluding hydrogens is 200 g/mol. The normalized spacial score (nSPS) is 30.4. The molecule has 0 radical (unpaired) electrons. The summed E-state index contributed by atoms with van der Waals surface area (Å²) >= 11 is 0. The van der Waals surface area contributed by atoms with E-state index in [4.69, 9.17) is 4.74 Å². The maximum absolute atomic E-state index is 5.65. The molecule has 2 aliphatic heterocycles. The largest absolute Gasteiger partial charge is 0.377 e. The minimum atomic E-state index is 0.509. The minimum absolute atomic E-state index is 0.509. The van der Waals surface area contributed by atoms with E-state index < -0.39 is 0 Å². The molecule has 0 spiro atoms. The molecule has 1 N–H and O–H groups in total. The van der Waals surface area contributed by atoms with Crippen LogP contribution in [0.1, 0.15) is 38.5 Å². The number of likely N-dealkylation sites (N-methyl/N-ethyl adjacent to an activating group) is 1. The molecule has 2 unspecified atom stereocenters. The minimum Gasteiger partial charge on any atom is -0.377 e. The first-order chi connectivity index (χ1) is 7.84. The van der Waals surface area contributed by atoms with Crippen molar-refractivity contribution in [2.45, 2.75) is 50.7 Å². The average Bonchev–Trinajstić information content (AvgIpc) is 2.90. The van der Waals surface area contributed by atoms with Crippen LogP contribution in [-0.4, -0.2) is 50.3 Å². The summed E-state index contributed by atoms with van der Waals surface area (Å²) < 4.78 is 5.65. The molecule has 2 fully saturated rings. The van der Waals surface area contributed by atoms with Gasteiger partial charge in [-0.05, 0) is 58.7 Å². The van der Waals surface area contributed by atoms with E-state index in [2.05, 4.69) is 17.3 Å². The highest BCUT2D eigenvalue weighted by molar-refractivity contribution is 4.75. The fraction of sp³-hybridized carbons (Fsp3) is 1.00. The van der Waals surface area contributed by atoms with Crippen LogP contribution in [0.4, 0.5) is 0 Å². The van der Waals surface area contributed by atoms with E-state index >= 15 is 0 Å². The van der Waals surface area contributed by atoms with Gasteiger partial charge in [0.05, 0.1) is 6.10 Å². The van der Waals surface area contributed by atoms with Crippen molar-refractivity contribution in [3.63, 3.8) is 0 Å². The highest BCUT2D eigenvalue weighted by Gasteiger charge is 2.18. The van der Waals surface area contributed by atoms with Gasteiger partial charge in [-0.25, -0.2) is 0 Å². The summed E-state index contributed by atoms with van der Waals surface area (Å²) in [6, 6.07) is 0.802. The third-order valence-electron chi connectivity index (χ3n) is 3.79. The van der Waals surface area contributed by atoms with Crippen LogP contribution in [0.15, 0.2) is 0 Å². The number of nitrogens with zero attached hydrogens (tertiary/aromatic N) is 1. The molecule has 0 aromatic heterocycles. The zero-order valence-electron chi connectivity index (χ0n) is 10.6. The van der Waals surface area contributed by atoms with Crippen LogP contribution in [-0.2, 0) is 4.74 Å². The summed E-state index contributed by atoms with van der Waals surface area (Å²) in [6.45, 7) is 4.55. The lowest BCUT2D eigenvalue weighted by Crippen LogP contribution is -2.30. The van der Waals surface area contributed by atoms with Gasteiger partial charge < -0.3 is 15.0 Å². The number of ether oxygens (including phenoxy) is 1. The molecule has 2 atom stereocenters. The van der Waals surface area contributed by atoms with Crippen molar-refractivity contribution in [2.24, 2.45) is 0 Å². The second kappa shape index (κ2) is 6.58. The van der Waals surface area contributed by atoms with Crippen molar-refractivity contribution in [1.82, 2.24) is 10.2 Å². The molecule has 3 heteroatoms. The molecule has 0 amide bonds. The predicted molar refractivity (Wildman–Crippen MR) is 66.7 cm³/mol. The molecule has 3 nitrogen and oxygen atoms in total. The van der Waals surface area contributed by atoms with Gasteiger partial charge in [-0.2, -0.15) is 0 Å². The lowest BCUT2D eigenvalue weighted by Gasteiger charge is -2.21. The van der Waals surface area contributed by atoms with Crippen molar-refractivity contribution in [2.75, 3.05) is 33.3 Å². The van der Waals surface area contributed by atoms with Crippen molar-refractivity contribution in [3.05, 3.63) is 0 Å². The first-order valence-corrected chi connectivity index (χ1v) is 6.88. The summed E-state index contributed by atoms with van der Waals surface area (Å²) in [7, 11) is 2.23. The Kier molecular flexibility index (Phi) is 5.07. The molecule has 0 aliphatic carbocycles. The fourth-order valence-corrected chi connectivity index (χ4v) is 2.84. The van der Waals surface area contributed by atoms with Crippen LogP contribution in [0.2, 0.25) is 0 Å². The van der Waals surface area contributed by atoms with Crippen molar-refractivity contribution < 1.29 is 4.74 Å². The molecule has 0 saturated carbocycles. The summed E-state index contributed by atoms with van der Waals surface area (Å²) in [5.74, 6) is 0. The monoisotopic (exact) mass is 226 g/mol. The van der Waals surface area contributed by atoms with Gasteiger partial charge in [0, 0.05) is 19.2 Å². The zero-order chi connectivity index (χ0) is 11.2. The van der Waals surface area contributed by atoms with Crippen molar-refractivity contribution in [1.29, 1.82) is 0 Å². The smallest absolute Gasteiger partial charge is 0.0702 e. The maximum atomic E-state index is 5.65. The van der Waals surface area contributed by atoms with E-state index in [0.29, 0.717) is 6.10 Å². The first-order valence-electron chi connectivity index (χ1n) is 6.88. The topological polar surface area (TPSA) is 24.5 Å². The highest BCUT2D eigenvalue weighted by Crippen LogP contribution is 2.14. The van der Waals surface area contributed by atoms with E-state index in [9.17, 15) is 0 Å². The lowest BCUT2D eigenvalue weighted by atomic mass is 10.1. The van der Waals surface area contributed by atoms with Crippen LogP contribution in [0.25, 0.3) is 0 Å². The average molecular weight is 226 g/mol. The van der Waals surface area contributed by atoms with E-state index in [0.717, 1.165) is 19.2 Å². The molecule has 2 heterocycles. The van der Waals surface area contributed by atoms with Gasteiger partial charge in [-0.3, -0.25) is 0 Å². The third-order valence-corrected chi connectivity index (χ3v) is 3.79. The number of nitrogens with one attached hydrogen (secondary N) is 1. The summed E-state index contributed by atoms with van der Waals surface area (Å²) in [5.41, 5.74) is 0. The number of hydrogen-bond acceptors (Lipinski definition) is 3. The van der Waals surface area contributed by atoms with Crippen molar-refractivity contribution >= 4 is 0 Å². The Bertz CT molecular complexity index is 186. The van der Waals surface area contributed by atoms with E-state index in [-0.39, 0.29) is 0 Å². The molecule has 0 aromatic carbocycles. The molecule has 16 heavy (non-hydrogen) atoms. The standard InChI is InChI=1S/C13H26N2O/c1-15(11-13-7-4-10-16-13)9-3-6-12-5-2-8-14-12/h12-14H,2-11H2,1H3. The number of rotatable bonds is 6. The second-order valence-corrected chi connectivity index (χ2v) is 5.33. The molecule has 0 bridgehead atoms. The summed E-state index contributed by atoms with van der Waals surface area (Å²) in [6.07, 6.45) is 8.44. The number of hydrogen-bond donors (Lipinski definition) is 1. The lowest BCUT2D eigenvalue weighted by molar-refractivity contribution is 0.0806. The Morgan fingerprint density at radius 2 is 2.25 bits per heavy atom. The van der Waals surface area contributed by atoms with Gasteiger partial charge in [0.2, 0.25) is 0 Å². The molecule has 94 valence electrons. The second-order valence-electron chi connectivity index (χ2n) is 5.33. The summed E-state index contributed by atoms with van der Waals surface area (Å²) in [4.78, 5) is 2.44. The van der Waals surface area contributed by atoms with Crippen LogP contribution in [0, 0.1) is 0 Å². The van der Waals surface area contributed by atoms with E-state index in [1.165, 1.54) is 51.6 Å². The fourth-order valence-electron chi connectivity index (χ4n) is 2.84. The maximum Gasteiger partial charge on any atom is 0.0702 e. The van der Waals surface area contributed by atoms with Crippen LogP contribution >= 0.6 is 0 Å². The van der Waals surface area contributed by atoms with Crippen molar-refractivity contribution in [3.8, 4) is 0 Å². The molecular formula is C13H26N2O. The van der Waals surface area contributed by atoms with E-state index in [1.54, 1.807) is 0 Å². The van der Waals surface area contributed by atoms with Gasteiger partial charge in [0.25, 0.3) is 0 Å². The summed E-state index contributed by atoms with van der Waals surface area (Å²) in [5, 5.41) is 3.56. The third kappa shape index (κ3) is 4.04. The Labute approximate surface area is 99.5 Å². The van der Waals surface area contributed by atoms with E-state index in [1.807, 2.05) is 0 Å². The SMILES string of the molecule is CN(CCCC1CCCN1)CC1CCCO1. The van der Waals surface area contributed by atoms with Crippen LogP contribution < -0.4 is 5.32 Å².